The number of hydrogen-bond acceptors (Lipinski definition) is 1. The van der Waals surface area contributed by atoms with Gasteiger partial charge in [0.2, 0.25) is 0 Å². The number of benzene rings is 1. The Bertz CT molecular complexity index is 387. The van der Waals surface area contributed by atoms with Crippen LogP contribution in [0.2, 0.25) is 0 Å². The monoisotopic (exact) mass is 361 g/mol. The van der Waals surface area contributed by atoms with Crippen molar-refractivity contribution in [3.05, 3.63) is 32.7 Å². The van der Waals surface area contributed by atoms with E-state index in [0.29, 0.717) is 0 Å². The van der Waals surface area contributed by atoms with Crippen molar-refractivity contribution < 1.29 is 4.79 Å². The van der Waals surface area contributed by atoms with E-state index in [1.54, 1.807) is 0 Å². The molecule has 0 N–H and O–H groups in total. The molecule has 94 valence electrons. The van der Waals surface area contributed by atoms with Crippen molar-refractivity contribution in [1.82, 2.24) is 4.90 Å². The van der Waals surface area contributed by atoms with Crippen molar-refractivity contribution >= 4 is 37.8 Å². The minimum atomic E-state index is 0.105. The van der Waals surface area contributed by atoms with Crippen LogP contribution in [0.25, 0.3) is 0 Å². The number of amides is 1. The summed E-state index contributed by atoms with van der Waals surface area (Å²) in [6, 6.07) is 5.66. The van der Waals surface area contributed by atoms with E-state index in [0.717, 1.165) is 40.4 Å². The van der Waals surface area contributed by atoms with E-state index < -0.39 is 0 Å². The summed E-state index contributed by atoms with van der Waals surface area (Å²) in [5, 5.41) is 0. The Labute approximate surface area is 120 Å². The van der Waals surface area contributed by atoms with Gasteiger partial charge in [-0.25, -0.2) is 0 Å². The molecule has 0 unspecified atom stereocenters. The van der Waals surface area contributed by atoms with Crippen LogP contribution in [0, 0.1) is 0 Å². The summed E-state index contributed by atoms with van der Waals surface area (Å²) in [5.74, 6) is 0.105. The zero-order valence-electron chi connectivity index (χ0n) is 10.2. The number of halogens is 2. The highest BCUT2D eigenvalue weighted by molar-refractivity contribution is 9.11. The van der Waals surface area contributed by atoms with E-state index in [2.05, 4.69) is 45.7 Å². The van der Waals surface area contributed by atoms with Crippen molar-refractivity contribution in [2.75, 3.05) is 13.1 Å². The van der Waals surface area contributed by atoms with E-state index in [1.807, 2.05) is 23.1 Å². The number of hydrogen-bond donors (Lipinski definition) is 0. The van der Waals surface area contributed by atoms with Crippen LogP contribution in [0.5, 0.6) is 0 Å². The summed E-state index contributed by atoms with van der Waals surface area (Å²) in [4.78, 5) is 14.2. The first-order chi connectivity index (χ1) is 8.10. The van der Waals surface area contributed by atoms with Crippen molar-refractivity contribution in [3.63, 3.8) is 0 Å². The fourth-order valence-corrected chi connectivity index (χ4v) is 2.90. The van der Waals surface area contributed by atoms with Crippen LogP contribution in [0.3, 0.4) is 0 Å². The number of nitrogens with zero attached hydrogens (tertiary/aromatic N) is 1. The first kappa shape index (κ1) is 14.7. The third-order valence-electron chi connectivity index (χ3n) is 2.44. The van der Waals surface area contributed by atoms with Gasteiger partial charge in [0.05, 0.1) is 5.56 Å². The van der Waals surface area contributed by atoms with E-state index >= 15 is 0 Å². The molecule has 0 aromatic heterocycles. The molecule has 2 nitrogen and oxygen atoms in total. The third kappa shape index (κ3) is 4.11. The third-order valence-corrected chi connectivity index (χ3v) is 3.59. The minimum absolute atomic E-state index is 0.105. The van der Waals surface area contributed by atoms with Crippen molar-refractivity contribution in [3.8, 4) is 0 Å². The van der Waals surface area contributed by atoms with E-state index in [-0.39, 0.29) is 5.91 Å². The second-order valence-electron chi connectivity index (χ2n) is 3.92. The minimum Gasteiger partial charge on any atom is -0.339 e. The first-order valence-corrected chi connectivity index (χ1v) is 7.43. The molecule has 4 heteroatoms. The fraction of sp³-hybridized carbons (Fsp3) is 0.462. The smallest absolute Gasteiger partial charge is 0.254 e. The van der Waals surface area contributed by atoms with E-state index in [9.17, 15) is 4.79 Å². The molecule has 0 saturated carbocycles. The van der Waals surface area contributed by atoms with E-state index in [1.165, 1.54) is 0 Å². The van der Waals surface area contributed by atoms with Gasteiger partial charge in [0, 0.05) is 22.0 Å². The van der Waals surface area contributed by atoms with Crippen LogP contribution < -0.4 is 0 Å². The predicted octanol–water partition coefficient (Wildman–Crippen LogP) is 4.47. The number of carbonyl (C=O) groups excluding carboxylic acids is 1. The summed E-state index contributed by atoms with van der Waals surface area (Å²) in [5.41, 5.74) is 0.732. The largest absolute Gasteiger partial charge is 0.339 e. The lowest BCUT2D eigenvalue weighted by molar-refractivity contribution is 0.0754. The summed E-state index contributed by atoms with van der Waals surface area (Å²) in [7, 11) is 0. The molecule has 0 saturated heterocycles. The van der Waals surface area contributed by atoms with Gasteiger partial charge in [0.1, 0.15) is 0 Å². The summed E-state index contributed by atoms with van der Waals surface area (Å²) < 4.78 is 1.81. The molecular formula is C13H17Br2NO. The molecule has 0 aliphatic heterocycles. The fourth-order valence-electron chi connectivity index (χ4n) is 1.69. The topological polar surface area (TPSA) is 20.3 Å². The Balaban J connectivity index is 2.92. The van der Waals surface area contributed by atoms with Crippen LogP contribution >= 0.6 is 31.9 Å². The maximum absolute atomic E-state index is 12.3. The summed E-state index contributed by atoms with van der Waals surface area (Å²) in [6.07, 6.45) is 1.97. The molecule has 0 heterocycles. The van der Waals surface area contributed by atoms with Crippen molar-refractivity contribution in [2.45, 2.75) is 26.7 Å². The molecule has 0 aliphatic carbocycles. The van der Waals surface area contributed by atoms with Crippen LogP contribution in [0.4, 0.5) is 0 Å². The Morgan fingerprint density at radius 1 is 1.18 bits per heavy atom. The lowest BCUT2D eigenvalue weighted by Gasteiger charge is -2.22. The van der Waals surface area contributed by atoms with E-state index in [4.69, 9.17) is 0 Å². The Hall–Kier alpha value is -0.350. The zero-order chi connectivity index (χ0) is 12.8. The highest BCUT2D eigenvalue weighted by Gasteiger charge is 2.16. The summed E-state index contributed by atoms with van der Waals surface area (Å²) >= 11 is 6.83. The number of rotatable bonds is 5. The highest BCUT2D eigenvalue weighted by atomic mass is 79.9. The molecule has 0 aliphatic rings. The predicted molar refractivity (Wildman–Crippen MR) is 78.3 cm³/mol. The lowest BCUT2D eigenvalue weighted by Crippen LogP contribution is -2.32. The van der Waals surface area contributed by atoms with Crippen LogP contribution in [-0.2, 0) is 0 Å². The SMILES string of the molecule is CCCN(CCC)C(=O)c1ccc(Br)cc1Br. The molecular weight excluding hydrogens is 346 g/mol. The Morgan fingerprint density at radius 3 is 2.24 bits per heavy atom. The van der Waals surface area contributed by atoms with Gasteiger partial charge in [-0.1, -0.05) is 29.8 Å². The summed E-state index contributed by atoms with van der Waals surface area (Å²) in [6.45, 7) is 5.81. The Kier molecular flexibility index (Phi) is 6.20. The standard InChI is InChI=1S/C13H17Br2NO/c1-3-7-16(8-4-2)13(17)11-6-5-10(14)9-12(11)15/h5-6,9H,3-4,7-8H2,1-2H3. The number of carbonyl (C=O) groups is 1. The molecule has 0 bridgehead atoms. The normalized spacial score (nSPS) is 10.4. The van der Waals surface area contributed by atoms with Gasteiger partial charge < -0.3 is 4.90 Å². The average molecular weight is 363 g/mol. The van der Waals surface area contributed by atoms with Crippen molar-refractivity contribution in [1.29, 1.82) is 0 Å². The molecule has 1 aromatic rings. The average Bonchev–Trinajstić information content (AvgIpc) is 2.28. The van der Waals surface area contributed by atoms with Crippen molar-refractivity contribution in [2.24, 2.45) is 0 Å². The molecule has 0 radical (unpaired) electrons. The van der Waals surface area contributed by atoms with Crippen LogP contribution in [-0.4, -0.2) is 23.9 Å². The van der Waals surface area contributed by atoms with Gasteiger partial charge in [0.25, 0.3) is 5.91 Å². The molecule has 1 aromatic carbocycles. The van der Waals surface area contributed by atoms with Gasteiger partial charge >= 0.3 is 0 Å². The molecule has 0 atom stereocenters. The zero-order valence-corrected chi connectivity index (χ0v) is 13.3. The first-order valence-electron chi connectivity index (χ1n) is 5.84. The second kappa shape index (κ2) is 7.17. The molecule has 0 fully saturated rings. The molecule has 17 heavy (non-hydrogen) atoms. The maximum atomic E-state index is 12.3. The second-order valence-corrected chi connectivity index (χ2v) is 5.69. The van der Waals surface area contributed by atoms with Crippen LogP contribution in [0.15, 0.2) is 27.1 Å². The van der Waals surface area contributed by atoms with Crippen LogP contribution in [0.1, 0.15) is 37.0 Å². The highest BCUT2D eigenvalue weighted by Crippen LogP contribution is 2.23. The van der Waals surface area contributed by atoms with Gasteiger partial charge in [-0.2, -0.15) is 0 Å². The Morgan fingerprint density at radius 2 is 1.76 bits per heavy atom. The van der Waals surface area contributed by atoms with Gasteiger partial charge in [-0.15, -0.1) is 0 Å². The molecule has 1 amide bonds. The molecule has 1 rings (SSSR count). The van der Waals surface area contributed by atoms with Gasteiger partial charge in [-0.3, -0.25) is 4.79 Å². The van der Waals surface area contributed by atoms with Gasteiger partial charge in [-0.05, 0) is 47.0 Å². The maximum Gasteiger partial charge on any atom is 0.254 e. The van der Waals surface area contributed by atoms with Gasteiger partial charge in [0.15, 0.2) is 0 Å². The molecule has 0 spiro atoms. The quantitative estimate of drug-likeness (QED) is 0.756. The lowest BCUT2D eigenvalue weighted by atomic mass is 10.2.